The minimum Gasteiger partial charge on any atom is -0.439 e. The zero-order chi connectivity index (χ0) is 13.0. The molecule has 0 spiro atoms. The average Bonchev–Trinajstić information content (AvgIpc) is 2.75. The summed E-state index contributed by atoms with van der Waals surface area (Å²) in [5.74, 6) is 0.716. The van der Waals surface area contributed by atoms with Gasteiger partial charge in [0.05, 0.1) is 13.2 Å². The van der Waals surface area contributed by atoms with Crippen molar-refractivity contribution < 1.29 is 9.15 Å². The molecule has 1 aromatic heterocycles. The van der Waals surface area contributed by atoms with Gasteiger partial charge in [-0.3, -0.25) is 4.90 Å². The second kappa shape index (κ2) is 5.84. The highest BCUT2D eigenvalue weighted by molar-refractivity contribution is 5.76. The molecule has 0 saturated carbocycles. The number of methoxy groups -OCH3 is 1. The third kappa shape index (κ3) is 3.00. The van der Waals surface area contributed by atoms with Crippen LogP contribution >= 0.6 is 0 Å². The molecule has 0 aliphatic carbocycles. The van der Waals surface area contributed by atoms with E-state index in [4.69, 9.17) is 14.9 Å². The standard InChI is InChI=1S/C13H19N3O2/c1-3-16(6-7-17-2)9-13-15-11-5-4-10(14)8-12(11)18-13/h4-5,8H,3,6-7,9,14H2,1-2H3. The number of nitrogens with two attached hydrogens (primary N) is 1. The normalized spacial score (nSPS) is 11.5. The maximum Gasteiger partial charge on any atom is 0.209 e. The van der Waals surface area contributed by atoms with Crippen molar-refractivity contribution in [2.24, 2.45) is 0 Å². The number of ether oxygens (including phenoxy) is 1. The predicted molar refractivity (Wildman–Crippen MR) is 71.2 cm³/mol. The summed E-state index contributed by atoms with van der Waals surface area (Å²) in [6, 6.07) is 5.51. The number of hydrogen-bond acceptors (Lipinski definition) is 5. The second-order valence-corrected chi connectivity index (χ2v) is 4.20. The van der Waals surface area contributed by atoms with Crippen molar-refractivity contribution in [2.45, 2.75) is 13.5 Å². The molecule has 2 aromatic rings. The molecular formula is C13H19N3O2. The van der Waals surface area contributed by atoms with Crippen LogP contribution in [-0.4, -0.2) is 36.7 Å². The lowest BCUT2D eigenvalue weighted by Crippen LogP contribution is -2.26. The van der Waals surface area contributed by atoms with Crippen LogP contribution in [-0.2, 0) is 11.3 Å². The van der Waals surface area contributed by atoms with E-state index in [0.29, 0.717) is 24.7 Å². The molecule has 0 saturated heterocycles. The predicted octanol–water partition coefficient (Wildman–Crippen LogP) is 1.88. The van der Waals surface area contributed by atoms with Crippen LogP contribution in [0.5, 0.6) is 0 Å². The SMILES string of the molecule is CCN(CCOC)Cc1nc2ccc(N)cc2o1. The molecule has 0 fully saturated rings. The van der Waals surface area contributed by atoms with Gasteiger partial charge in [-0.25, -0.2) is 4.98 Å². The number of benzene rings is 1. The van der Waals surface area contributed by atoms with Crippen LogP contribution in [0.15, 0.2) is 22.6 Å². The van der Waals surface area contributed by atoms with Crippen LogP contribution < -0.4 is 5.73 Å². The first-order valence-electron chi connectivity index (χ1n) is 6.09. The molecule has 0 amide bonds. The largest absolute Gasteiger partial charge is 0.439 e. The van der Waals surface area contributed by atoms with Crippen LogP contribution in [0.3, 0.4) is 0 Å². The number of anilines is 1. The highest BCUT2D eigenvalue weighted by Crippen LogP contribution is 2.19. The Morgan fingerprint density at radius 3 is 3.00 bits per heavy atom. The second-order valence-electron chi connectivity index (χ2n) is 4.20. The first kappa shape index (κ1) is 12.9. The summed E-state index contributed by atoms with van der Waals surface area (Å²) in [4.78, 5) is 6.66. The molecule has 0 radical (unpaired) electrons. The van der Waals surface area contributed by atoms with Gasteiger partial charge in [0, 0.05) is 25.4 Å². The lowest BCUT2D eigenvalue weighted by molar-refractivity contribution is 0.142. The van der Waals surface area contributed by atoms with Gasteiger partial charge >= 0.3 is 0 Å². The zero-order valence-electron chi connectivity index (χ0n) is 10.8. The fourth-order valence-corrected chi connectivity index (χ4v) is 1.82. The fraction of sp³-hybridized carbons (Fsp3) is 0.462. The van der Waals surface area contributed by atoms with Crippen molar-refractivity contribution >= 4 is 16.8 Å². The number of oxazole rings is 1. The van der Waals surface area contributed by atoms with E-state index in [0.717, 1.165) is 24.2 Å². The van der Waals surface area contributed by atoms with Gasteiger partial charge in [0.1, 0.15) is 5.52 Å². The van der Waals surface area contributed by atoms with Crippen molar-refractivity contribution in [2.75, 3.05) is 32.5 Å². The third-order valence-electron chi connectivity index (χ3n) is 2.87. The Bertz CT molecular complexity index is 510. The fourth-order valence-electron chi connectivity index (χ4n) is 1.82. The van der Waals surface area contributed by atoms with Crippen molar-refractivity contribution in [3.05, 3.63) is 24.1 Å². The molecule has 5 heteroatoms. The van der Waals surface area contributed by atoms with Gasteiger partial charge in [-0.05, 0) is 18.7 Å². The summed E-state index contributed by atoms with van der Waals surface area (Å²) in [6.07, 6.45) is 0. The van der Waals surface area contributed by atoms with Crippen molar-refractivity contribution in [3.8, 4) is 0 Å². The molecule has 1 heterocycles. The zero-order valence-corrected chi connectivity index (χ0v) is 10.8. The third-order valence-corrected chi connectivity index (χ3v) is 2.87. The smallest absolute Gasteiger partial charge is 0.209 e. The maximum absolute atomic E-state index is 5.71. The molecule has 18 heavy (non-hydrogen) atoms. The Morgan fingerprint density at radius 1 is 1.44 bits per heavy atom. The molecular weight excluding hydrogens is 230 g/mol. The summed E-state index contributed by atoms with van der Waals surface area (Å²) in [6.45, 7) is 5.31. The lowest BCUT2D eigenvalue weighted by Gasteiger charge is -2.17. The van der Waals surface area contributed by atoms with Crippen LogP contribution in [0, 0.1) is 0 Å². The van der Waals surface area contributed by atoms with Gasteiger partial charge in [0.25, 0.3) is 0 Å². The first-order valence-corrected chi connectivity index (χ1v) is 6.09. The van der Waals surface area contributed by atoms with E-state index in [1.807, 2.05) is 12.1 Å². The van der Waals surface area contributed by atoms with Gasteiger partial charge in [-0.15, -0.1) is 0 Å². The minimum atomic E-state index is 0.689. The van der Waals surface area contributed by atoms with Gasteiger partial charge in [0.15, 0.2) is 5.58 Å². The summed E-state index contributed by atoms with van der Waals surface area (Å²) in [5.41, 5.74) is 8.00. The van der Waals surface area contributed by atoms with E-state index in [-0.39, 0.29) is 0 Å². The van der Waals surface area contributed by atoms with Gasteiger partial charge in [0.2, 0.25) is 5.89 Å². The van der Waals surface area contributed by atoms with Crippen LogP contribution in [0.1, 0.15) is 12.8 Å². The van der Waals surface area contributed by atoms with Crippen molar-refractivity contribution in [3.63, 3.8) is 0 Å². The minimum absolute atomic E-state index is 0.689. The molecule has 5 nitrogen and oxygen atoms in total. The molecule has 0 aliphatic heterocycles. The van der Waals surface area contributed by atoms with Gasteiger partial charge in [-0.1, -0.05) is 6.92 Å². The molecule has 1 aromatic carbocycles. The maximum atomic E-state index is 5.71. The number of nitrogen functional groups attached to an aromatic ring is 1. The number of hydrogen-bond donors (Lipinski definition) is 1. The molecule has 0 aliphatic rings. The van der Waals surface area contributed by atoms with E-state index in [1.54, 1.807) is 13.2 Å². The van der Waals surface area contributed by atoms with Crippen molar-refractivity contribution in [1.29, 1.82) is 0 Å². The summed E-state index contributed by atoms with van der Waals surface area (Å²) >= 11 is 0. The number of fused-ring (bicyclic) bond motifs is 1. The Morgan fingerprint density at radius 2 is 2.28 bits per heavy atom. The summed E-state index contributed by atoms with van der Waals surface area (Å²) in [7, 11) is 1.70. The molecule has 2 rings (SSSR count). The quantitative estimate of drug-likeness (QED) is 0.792. The Hall–Kier alpha value is -1.59. The highest BCUT2D eigenvalue weighted by Gasteiger charge is 2.10. The highest BCUT2D eigenvalue weighted by atomic mass is 16.5. The van der Waals surface area contributed by atoms with E-state index in [1.165, 1.54) is 0 Å². The molecule has 0 bridgehead atoms. The Labute approximate surface area is 107 Å². The van der Waals surface area contributed by atoms with Crippen molar-refractivity contribution in [1.82, 2.24) is 9.88 Å². The Balaban J connectivity index is 2.10. The number of rotatable bonds is 6. The number of likely N-dealkylation sites (N-methyl/N-ethyl adjacent to an activating group) is 1. The van der Waals surface area contributed by atoms with Crippen LogP contribution in [0.25, 0.3) is 11.1 Å². The summed E-state index contributed by atoms with van der Waals surface area (Å²) < 4.78 is 10.8. The van der Waals surface area contributed by atoms with E-state index < -0.39 is 0 Å². The topological polar surface area (TPSA) is 64.5 Å². The van der Waals surface area contributed by atoms with Gasteiger partial charge < -0.3 is 14.9 Å². The number of nitrogens with zero attached hydrogens (tertiary/aromatic N) is 2. The van der Waals surface area contributed by atoms with E-state index >= 15 is 0 Å². The lowest BCUT2D eigenvalue weighted by atomic mass is 10.3. The monoisotopic (exact) mass is 249 g/mol. The molecule has 0 unspecified atom stereocenters. The molecule has 0 atom stereocenters. The van der Waals surface area contributed by atoms with E-state index in [9.17, 15) is 0 Å². The van der Waals surface area contributed by atoms with Crippen LogP contribution in [0.2, 0.25) is 0 Å². The first-order chi connectivity index (χ1) is 8.72. The Kier molecular flexibility index (Phi) is 4.17. The van der Waals surface area contributed by atoms with Gasteiger partial charge in [-0.2, -0.15) is 0 Å². The average molecular weight is 249 g/mol. The molecule has 98 valence electrons. The van der Waals surface area contributed by atoms with Crippen LogP contribution in [0.4, 0.5) is 5.69 Å². The summed E-state index contributed by atoms with van der Waals surface area (Å²) in [5, 5.41) is 0. The number of aromatic nitrogens is 1. The van der Waals surface area contributed by atoms with E-state index in [2.05, 4.69) is 16.8 Å². The molecule has 2 N–H and O–H groups in total.